The van der Waals surface area contributed by atoms with Crippen molar-refractivity contribution in [3.8, 4) is 5.75 Å². The number of ketones is 1. The SMILES string of the molecule is CCN(CCOC)CC(=O)c1cc(F)ccc1OC. The summed E-state index contributed by atoms with van der Waals surface area (Å²) in [6.07, 6.45) is 0. The third-order valence-corrected chi connectivity index (χ3v) is 2.89. The van der Waals surface area contributed by atoms with Crippen LogP contribution in [0.1, 0.15) is 17.3 Å². The molecule has 0 amide bonds. The van der Waals surface area contributed by atoms with Crippen LogP contribution in [0, 0.1) is 5.82 Å². The highest BCUT2D eigenvalue weighted by molar-refractivity contribution is 6.00. The van der Waals surface area contributed by atoms with Crippen LogP contribution in [0.5, 0.6) is 5.75 Å². The Kier molecular flexibility index (Phi) is 6.45. The van der Waals surface area contributed by atoms with Crippen LogP contribution in [-0.4, -0.2) is 51.1 Å². The fourth-order valence-corrected chi connectivity index (χ4v) is 1.76. The van der Waals surface area contributed by atoms with Crippen molar-refractivity contribution >= 4 is 5.78 Å². The topological polar surface area (TPSA) is 38.8 Å². The van der Waals surface area contributed by atoms with Crippen LogP contribution < -0.4 is 4.74 Å². The summed E-state index contributed by atoms with van der Waals surface area (Å²) in [6, 6.07) is 3.96. The maximum absolute atomic E-state index is 13.2. The van der Waals surface area contributed by atoms with E-state index in [9.17, 15) is 9.18 Å². The summed E-state index contributed by atoms with van der Waals surface area (Å²) in [5.41, 5.74) is 0.276. The Morgan fingerprint density at radius 1 is 1.37 bits per heavy atom. The van der Waals surface area contributed by atoms with Gasteiger partial charge >= 0.3 is 0 Å². The van der Waals surface area contributed by atoms with Gasteiger partial charge in [0, 0.05) is 13.7 Å². The smallest absolute Gasteiger partial charge is 0.180 e. The maximum atomic E-state index is 13.2. The molecule has 19 heavy (non-hydrogen) atoms. The molecule has 106 valence electrons. The van der Waals surface area contributed by atoms with Gasteiger partial charge in [-0.2, -0.15) is 0 Å². The largest absolute Gasteiger partial charge is 0.496 e. The molecule has 0 heterocycles. The van der Waals surface area contributed by atoms with E-state index in [4.69, 9.17) is 9.47 Å². The highest BCUT2D eigenvalue weighted by Gasteiger charge is 2.16. The standard InChI is InChI=1S/C14H20FNO3/c1-4-16(7-8-18-2)10-13(17)12-9-11(15)5-6-14(12)19-3/h5-6,9H,4,7-8,10H2,1-3H3. The molecular weight excluding hydrogens is 249 g/mol. The zero-order valence-electron chi connectivity index (χ0n) is 11.6. The lowest BCUT2D eigenvalue weighted by Crippen LogP contribution is -2.32. The fraction of sp³-hybridized carbons (Fsp3) is 0.500. The number of ether oxygens (including phenoxy) is 2. The van der Waals surface area contributed by atoms with Crippen molar-refractivity contribution in [2.24, 2.45) is 0 Å². The summed E-state index contributed by atoms with van der Waals surface area (Å²) in [4.78, 5) is 14.1. The quantitative estimate of drug-likeness (QED) is 0.676. The highest BCUT2D eigenvalue weighted by atomic mass is 19.1. The lowest BCUT2D eigenvalue weighted by molar-refractivity contribution is 0.0898. The first-order valence-electron chi connectivity index (χ1n) is 6.20. The summed E-state index contributed by atoms with van der Waals surface area (Å²) < 4.78 is 23.3. The van der Waals surface area contributed by atoms with Gasteiger partial charge in [-0.05, 0) is 24.7 Å². The van der Waals surface area contributed by atoms with Gasteiger partial charge in [-0.25, -0.2) is 4.39 Å². The Labute approximate surface area is 113 Å². The van der Waals surface area contributed by atoms with Crippen molar-refractivity contribution in [1.29, 1.82) is 0 Å². The Hall–Kier alpha value is -1.46. The van der Waals surface area contributed by atoms with Crippen molar-refractivity contribution in [2.45, 2.75) is 6.92 Å². The van der Waals surface area contributed by atoms with Gasteiger partial charge in [-0.15, -0.1) is 0 Å². The van der Waals surface area contributed by atoms with Gasteiger partial charge in [0.15, 0.2) is 5.78 Å². The number of hydrogen-bond donors (Lipinski definition) is 0. The first kappa shape index (κ1) is 15.6. The summed E-state index contributed by atoms with van der Waals surface area (Å²) in [6.45, 7) is 4.13. The summed E-state index contributed by atoms with van der Waals surface area (Å²) in [5, 5.41) is 0. The number of carbonyl (C=O) groups is 1. The number of likely N-dealkylation sites (N-methyl/N-ethyl adjacent to an activating group) is 1. The zero-order valence-corrected chi connectivity index (χ0v) is 11.6. The Morgan fingerprint density at radius 2 is 2.11 bits per heavy atom. The molecule has 0 spiro atoms. The van der Waals surface area contributed by atoms with E-state index in [2.05, 4.69) is 0 Å². The lowest BCUT2D eigenvalue weighted by Gasteiger charge is -2.19. The van der Waals surface area contributed by atoms with E-state index >= 15 is 0 Å². The lowest BCUT2D eigenvalue weighted by atomic mass is 10.1. The maximum Gasteiger partial charge on any atom is 0.180 e. The van der Waals surface area contributed by atoms with Gasteiger partial charge in [0.05, 0.1) is 25.8 Å². The minimum Gasteiger partial charge on any atom is -0.496 e. The third kappa shape index (κ3) is 4.61. The van der Waals surface area contributed by atoms with Crippen molar-refractivity contribution in [2.75, 3.05) is 40.5 Å². The molecule has 0 atom stereocenters. The number of Topliss-reactive ketones (excluding diaryl/α,β-unsaturated/α-hetero) is 1. The molecule has 1 aromatic carbocycles. The van der Waals surface area contributed by atoms with E-state index in [0.717, 1.165) is 6.54 Å². The normalized spacial score (nSPS) is 10.8. The third-order valence-electron chi connectivity index (χ3n) is 2.89. The summed E-state index contributed by atoms with van der Waals surface area (Å²) in [5.74, 6) is -0.201. The monoisotopic (exact) mass is 269 g/mol. The minimum absolute atomic E-state index is 0.158. The second kappa shape index (κ2) is 7.86. The van der Waals surface area contributed by atoms with Crippen molar-refractivity contribution in [3.63, 3.8) is 0 Å². The number of benzene rings is 1. The van der Waals surface area contributed by atoms with E-state index in [1.165, 1.54) is 25.3 Å². The predicted octanol–water partition coefficient (Wildman–Crippen LogP) is 1.99. The molecule has 0 aliphatic carbocycles. The van der Waals surface area contributed by atoms with Crippen LogP contribution in [0.3, 0.4) is 0 Å². The molecule has 0 N–H and O–H groups in total. The molecule has 0 aromatic heterocycles. The molecule has 0 saturated heterocycles. The van der Waals surface area contributed by atoms with Gasteiger partial charge in [0.2, 0.25) is 0 Å². The molecule has 0 unspecified atom stereocenters. The van der Waals surface area contributed by atoms with Crippen LogP contribution in [-0.2, 0) is 4.74 Å². The average Bonchev–Trinajstić information content (AvgIpc) is 2.43. The Morgan fingerprint density at radius 3 is 2.68 bits per heavy atom. The molecule has 0 saturated carbocycles. The highest BCUT2D eigenvalue weighted by Crippen LogP contribution is 2.20. The second-order valence-corrected chi connectivity index (χ2v) is 4.13. The van der Waals surface area contributed by atoms with E-state index in [1.807, 2.05) is 11.8 Å². The number of halogens is 1. The van der Waals surface area contributed by atoms with Crippen LogP contribution in [0.15, 0.2) is 18.2 Å². The van der Waals surface area contributed by atoms with Gasteiger partial charge in [-0.3, -0.25) is 9.69 Å². The molecule has 0 fully saturated rings. The number of hydrogen-bond acceptors (Lipinski definition) is 4. The second-order valence-electron chi connectivity index (χ2n) is 4.13. The number of nitrogens with zero attached hydrogens (tertiary/aromatic N) is 1. The van der Waals surface area contributed by atoms with Gasteiger partial charge in [-0.1, -0.05) is 6.92 Å². The molecule has 4 nitrogen and oxygen atoms in total. The number of rotatable bonds is 8. The first-order chi connectivity index (χ1) is 9.12. The van der Waals surface area contributed by atoms with Crippen LogP contribution in [0.4, 0.5) is 4.39 Å². The molecule has 0 bridgehead atoms. The molecular formula is C14H20FNO3. The van der Waals surface area contributed by atoms with E-state index in [0.29, 0.717) is 18.9 Å². The predicted molar refractivity (Wildman–Crippen MR) is 71.3 cm³/mol. The summed E-state index contributed by atoms with van der Waals surface area (Å²) >= 11 is 0. The average molecular weight is 269 g/mol. The van der Waals surface area contributed by atoms with Crippen LogP contribution >= 0.6 is 0 Å². The fourth-order valence-electron chi connectivity index (χ4n) is 1.76. The molecule has 0 aliphatic rings. The van der Waals surface area contributed by atoms with Gasteiger partial charge < -0.3 is 9.47 Å². The van der Waals surface area contributed by atoms with Crippen LogP contribution in [0.25, 0.3) is 0 Å². The number of carbonyl (C=O) groups excluding carboxylic acids is 1. The van der Waals surface area contributed by atoms with Gasteiger partial charge in [0.1, 0.15) is 11.6 Å². The molecule has 1 rings (SSSR count). The summed E-state index contributed by atoms with van der Waals surface area (Å²) in [7, 11) is 3.08. The minimum atomic E-state index is -0.441. The van der Waals surface area contributed by atoms with Crippen molar-refractivity contribution in [3.05, 3.63) is 29.6 Å². The molecule has 1 aromatic rings. The zero-order chi connectivity index (χ0) is 14.3. The first-order valence-corrected chi connectivity index (χ1v) is 6.20. The molecule has 5 heteroatoms. The molecule has 0 aliphatic heterocycles. The van der Waals surface area contributed by atoms with E-state index in [1.54, 1.807) is 7.11 Å². The van der Waals surface area contributed by atoms with Crippen molar-refractivity contribution < 1.29 is 18.7 Å². The van der Waals surface area contributed by atoms with E-state index < -0.39 is 5.82 Å². The van der Waals surface area contributed by atoms with Crippen molar-refractivity contribution in [1.82, 2.24) is 4.90 Å². The Bertz CT molecular complexity index is 423. The molecule has 0 radical (unpaired) electrons. The Balaban J connectivity index is 2.78. The van der Waals surface area contributed by atoms with Gasteiger partial charge in [0.25, 0.3) is 0 Å². The number of methoxy groups -OCH3 is 2. The van der Waals surface area contributed by atoms with E-state index in [-0.39, 0.29) is 17.9 Å². The van der Waals surface area contributed by atoms with Crippen LogP contribution in [0.2, 0.25) is 0 Å².